The molecule has 1 amide bonds. The van der Waals surface area contributed by atoms with E-state index in [9.17, 15) is 4.79 Å². The van der Waals surface area contributed by atoms with Crippen LogP contribution in [-0.2, 0) is 0 Å². The molecule has 3 aromatic rings. The van der Waals surface area contributed by atoms with Crippen LogP contribution in [0.25, 0.3) is 11.4 Å². The van der Waals surface area contributed by atoms with Crippen LogP contribution in [0.2, 0.25) is 5.02 Å². The van der Waals surface area contributed by atoms with Crippen LogP contribution in [-0.4, -0.2) is 16.0 Å². The number of carbonyl (C=O) groups excluding carboxylic acids is 1. The summed E-state index contributed by atoms with van der Waals surface area (Å²) in [6, 6.07) is 15.9. The SMILES string of the molecule is CC(NC(=O)c1ccccc1Cl)c1nc(-c2ccccc2)no1. The molecule has 2 aromatic carbocycles. The van der Waals surface area contributed by atoms with E-state index in [-0.39, 0.29) is 5.91 Å². The predicted molar refractivity (Wildman–Crippen MR) is 87.1 cm³/mol. The lowest BCUT2D eigenvalue weighted by molar-refractivity contribution is 0.0932. The number of halogens is 1. The van der Waals surface area contributed by atoms with Crippen molar-refractivity contribution >= 4 is 17.5 Å². The minimum absolute atomic E-state index is 0.289. The Bertz CT molecular complexity index is 817. The molecular weight excluding hydrogens is 314 g/mol. The van der Waals surface area contributed by atoms with E-state index in [4.69, 9.17) is 16.1 Å². The topological polar surface area (TPSA) is 68.0 Å². The molecule has 0 aliphatic heterocycles. The molecule has 1 aromatic heterocycles. The number of hydrogen-bond acceptors (Lipinski definition) is 4. The highest BCUT2D eigenvalue weighted by Gasteiger charge is 2.19. The first-order chi connectivity index (χ1) is 11.1. The van der Waals surface area contributed by atoms with Crippen molar-refractivity contribution in [1.82, 2.24) is 15.5 Å². The van der Waals surface area contributed by atoms with Gasteiger partial charge in [-0.2, -0.15) is 4.98 Å². The molecule has 0 radical (unpaired) electrons. The highest BCUT2D eigenvalue weighted by atomic mass is 35.5. The quantitative estimate of drug-likeness (QED) is 0.789. The third kappa shape index (κ3) is 3.40. The van der Waals surface area contributed by atoms with Crippen molar-refractivity contribution in [3.63, 3.8) is 0 Å². The zero-order chi connectivity index (χ0) is 16.2. The minimum Gasteiger partial charge on any atom is -0.340 e. The summed E-state index contributed by atoms with van der Waals surface area (Å²) in [6.07, 6.45) is 0. The van der Waals surface area contributed by atoms with Gasteiger partial charge < -0.3 is 9.84 Å². The summed E-state index contributed by atoms with van der Waals surface area (Å²) < 4.78 is 5.24. The maximum Gasteiger partial charge on any atom is 0.253 e. The Kier molecular flexibility index (Phi) is 4.39. The number of amides is 1. The Balaban J connectivity index is 1.74. The van der Waals surface area contributed by atoms with Gasteiger partial charge in [0.2, 0.25) is 11.7 Å². The third-order valence-electron chi connectivity index (χ3n) is 3.31. The van der Waals surface area contributed by atoms with Crippen LogP contribution < -0.4 is 5.32 Å². The van der Waals surface area contributed by atoms with E-state index < -0.39 is 6.04 Å². The molecule has 116 valence electrons. The number of hydrogen-bond donors (Lipinski definition) is 1. The van der Waals surface area contributed by atoms with Crippen molar-refractivity contribution in [2.75, 3.05) is 0 Å². The van der Waals surface area contributed by atoms with Gasteiger partial charge in [0.05, 0.1) is 10.6 Å². The number of aromatic nitrogens is 2. The molecule has 0 fully saturated rings. The first-order valence-corrected chi connectivity index (χ1v) is 7.47. The zero-order valence-electron chi connectivity index (χ0n) is 12.4. The molecule has 1 unspecified atom stereocenters. The van der Waals surface area contributed by atoms with Crippen LogP contribution in [0, 0.1) is 0 Å². The van der Waals surface area contributed by atoms with Gasteiger partial charge in [0, 0.05) is 5.56 Å². The number of carbonyl (C=O) groups is 1. The van der Waals surface area contributed by atoms with E-state index in [0.717, 1.165) is 5.56 Å². The number of benzene rings is 2. The van der Waals surface area contributed by atoms with E-state index in [1.807, 2.05) is 30.3 Å². The van der Waals surface area contributed by atoms with Gasteiger partial charge in [0.15, 0.2) is 0 Å². The Morgan fingerprint density at radius 2 is 1.83 bits per heavy atom. The van der Waals surface area contributed by atoms with E-state index >= 15 is 0 Å². The van der Waals surface area contributed by atoms with Gasteiger partial charge in [-0.05, 0) is 19.1 Å². The van der Waals surface area contributed by atoms with Gasteiger partial charge in [-0.1, -0.05) is 59.2 Å². The summed E-state index contributed by atoms with van der Waals surface area (Å²) >= 11 is 6.02. The first-order valence-electron chi connectivity index (χ1n) is 7.09. The Labute approximate surface area is 138 Å². The third-order valence-corrected chi connectivity index (χ3v) is 3.64. The highest BCUT2D eigenvalue weighted by Crippen LogP contribution is 2.20. The summed E-state index contributed by atoms with van der Waals surface area (Å²) in [6.45, 7) is 1.77. The second-order valence-corrected chi connectivity index (χ2v) is 5.40. The molecule has 23 heavy (non-hydrogen) atoms. The van der Waals surface area contributed by atoms with E-state index in [1.54, 1.807) is 31.2 Å². The van der Waals surface area contributed by atoms with Crippen LogP contribution in [0.15, 0.2) is 59.1 Å². The Hall–Kier alpha value is -2.66. The van der Waals surface area contributed by atoms with Crippen molar-refractivity contribution in [2.45, 2.75) is 13.0 Å². The minimum atomic E-state index is -0.427. The zero-order valence-corrected chi connectivity index (χ0v) is 13.1. The highest BCUT2D eigenvalue weighted by molar-refractivity contribution is 6.33. The van der Waals surface area contributed by atoms with Crippen molar-refractivity contribution in [3.05, 3.63) is 71.1 Å². The lowest BCUT2D eigenvalue weighted by Gasteiger charge is -2.10. The van der Waals surface area contributed by atoms with Crippen molar-refractivity contribution in [2.24, 2.45) is 0 Å². The maximum atomic E-state index is 12.2. The van der Waals surface area contributed by atoms with E-state index in [0.29, 0.717) is 22.3 Å². The molecule has 6 heteroatoms. The summed E-state index contributed by atoms with van der Waals surface area (Å²) in [7, 11) is 0. The van der Waals surface area contributed by atoms with Crippen LogP contribution >= 0.6 is 11.6 Å². The Morgan fingerprint density at radius 3 is 2.57 bits per heavy atom. The maximum absolute atomic E-state index is 12.2. The normalized spacial score (nSPS) is 11.9. The standard InChI is InChI=1S/C17H14ClN3O2/c1-11(19-16(22)13-9-5-6-10-14(13)18)17-20-15(21-23-17)12-7-3-2-4-8-12/h2-11H,1H3,(H,19,22). The van der Waals surface area contributed by atoms with Crippen molar-refractivity contribution < 1.29 is 9.32 Å². The molecule has 1 heterocycles. The summed E-state index contributed by atoms with van der Waals surface area (Å²) in [5, 5.41) is 7.14. The largest absolute Gasteiger partial charge is 0.340 e. The van der Waals surface area contributed by atoms with Gasteiger partial charge in [-0.25, -0.2) is 0 Å². The molecule has 5 nitrogen and oxygen atoms in total. The van der Waals surface area contributed by atoms with Gasteiger partial charge >= 0.3 is 0 Å². The van der Waals surface area contributed by atoms with Crippen molar-refractivity contribution in [1.29, 1.82) is 0 Å². The molecule has 0 aliphatic rings. The lowest BCUT2D eigenvalue weighted by atomic mass is 10.2. The summed E-state index contributed by atoms with van der Waals surface area (Å²) in [5.41, 5.74) is 1.26. The summed E-state index contributed by atoms with van der Waals surface area (Å²) in [4.78, 5) is 16.6. The molecule has 0 aliphatic carbocycles. The first kappa shape index (κ1) is 15.2. The molecule has 0 spiro atoms. The molecule has 0 saturated carbocycles. The average Bonchev–Trinajstić information content (AvgIpc) is 3.06. The number of nitrogens with zero attached hydrogens (tertiary/aromatic N) is 2. The molecular formula is C17H14ClN3O2. The van der Waals surface area contributed by atoms with Gasteiger partial charge in [0.1, 0.15) is 6.04 Å². The predicted octanol–water partition coefficient (Wildman–Crippen LogP) is 3.88. The summed E-state index contributed by atoms with van der Waals surface area (Å²) in [5.74, 6) is 0.534. The molecule has 3 rings (SSSR count). The van der Waals surface area contributed by atoms with Crippen molar-refractivity contribution in [3.8, 4) is 11.4 Å². The fourth-order valence-electron chi connectivity index (χ4n) is 2.10. The fraction of sp³-hybridized carbons (Fsp3) is 0.118. The molecule has 1 N–H and O–H groups in total. The van der Waals surface area contributed by atoms with Crippen LogP contribution in [0.3, 0.4) is 0 Å². The van der Waals surface area contributed by atoms with Crippen LogP contribution in [0.1, 0.15) is 29.2 Å². The van der Waals surface area contributed by atoms with E-state index in [1.165, 1.54) is 0 Å². The number of rotatable bonds is 4. The van der Waals surface area contributed by atoms with Gasteiger partial charge in [0.25, 0.3) is 5.91 Å². The second-order valence-electron chi connectivity index (χ2n) is 5.00. The van der Waals surface area contributed by atoms with E-state index in [2.05, 4.69) is 15.5 Å². The smallest absolute Gasteiger partial charge is 0.253 e. The monoisotopic (exact) mass is 327 g/mol. The number of nitrogens with one attached hydrogen (secondary N) is 1. The second kappa shape index (κ2) is 6.62. The van der Waals surface area contributed by atoms with Gasteiger partial charge in [-0.3, -0.25) is 4.79 Å². The average molecular weight is 328 g/mol. The molecule has 0 bridgehead atoms. The van der Waals surface area contributed by atoms with Crippen LogP contribution in [0.5, 0.6) is 0 Å². The lowest BCUT2D eigenvalue weighted by Crippen LogP contribution is -2.27. The Morgan fingerprint density at radius 1 is 1.13 bits per heavy atom. The molecule has 1 atom stereocenters. The van der Waals surface area contributed by atoms with Gasteiger partial charge in [-0.15, -0.1) is 0 Å². The fourth-order valence-corrected chi connectivity index (χ4v) is 2.32. The van der Waals surface area contributed by atoms with Crippen LogP contribution in [0.4, 0.5) is 0 Å². The molecule has 0 saturated heterocycles.